The summed E-state index contributed by atoms with van der Waals surface area (Å²) in [5.41, 5.74) is 0. The summed E-state index contributed by atoms with van der Waals surface area (Å²) < 4.78 is -4.57. The van der Waals surface area contributed by atoms with E-state index in [9.17, 15) is 0 Å². The second-order valence-electron chi connectivity index (χ2n) is 2.28. The fraction of sp³-hybridized carbons (Fsp3) is 0. The Bertz CT molecular complexity index is 285. The minimum Gasteiger partial charge on any atom is -0.0622 e. The highest BCUT2D eigenvalue weighted by molar-refractivity contribution is 9.23. The van der Waals surface area contributed by atoms with E-state index in [0.717, 1.165) is 0 Å². The third-order valence-corrected chi connectivity index (χ3v) is 5.02. The van der Waals surface area contributed by atoms with Crippen molar-refractivity contribution in [1.82, 2.24) is 0 Å². The molecule has 0 nitrogen and oxygen atoms in total. The quantitative estimate of drug-likeness (QED) is 0.622. The predicted octanol–water partition coefficient (Wildman–Crippen LogP) is 5.69. The molecule has 0 heterocycles. The van der Waals surface area contributed by atoms with E-state index in [2.05, 4.69) is 0 Å². The molecule has 12 heavy (non-hydrogen) atoms. The Hall–Kier alpha value is 1.02. The summed E-state index contributed by atoms with van der Waals surface area (Å²) in [6.45, 7) is 0. The molecule has 1 aromatic rings. The third kappa shape index (κ3) is 3.06. The van der Waals surface area contributed by atoms with E-state index < -0.39 is 4.36 Å². The van der Waals surface area contributed by atoms with Crippen molar-refractivity contribution in [3.63, 3.8) is 0 Å². The van der Waals surface area contributed by atoms with Gasteiger partial charge in [0.1, 0.15) is 0 Å². The van der Waals surface area contributed by atoms with Gasteiger partial charge in [-0.25, -0.2) is 0 Å². The lowest BCUT2D eigenvalue weighted by atomic mass is 10.4. The molecular formula is C6H5Cl5S. The molecule has 1 aromatic carbocycles. The average Bonchev–Trinajstić information content (AvgIpc) is 1.85. The normalized spacial score (nSPS) is 18.1. The third-order valence-electron chi connectivity index (χ3n) is 1.19. The Balaban J connectivity index is 3.36. The predicted molar refractivity (Wildman–Crippen MR) is 61.6 cm³/mol. The topological polar surface area (TPSA) is 0 Å². The summed E-state index contributed by atoms with van der Waals surface area (Å²) in [5, 5.41) is 0. The number of rotatable bonds is 1. The van der Waals surface area contributed by atoms with Gasteiger partial charge in [-0.2, -0.15) is 0 Å². The summed E-state index contributed by atoms with van der Waals surface area (Å²) >= 11 is 0. The van der Waals surface area contributed by atoms with Crippen molar-refractivity contribution in [2.45, 2.75) is 4.90 Å². The second kappa shape index (κ2) is 2.53. The van der Waals surface area contributed by atoms with Crippen LogP contribution < -0.4 is 0 Å². The maximum Gasteiger partial charge on any atom is 0.0440 e. The standard InChI is InChI=1S/C6H5Cl5S/c7-12(8,9,10,11)6-4-2-1-3-5-6/h1-5H. The molecule has 0 bridgehead atoms. The van der Waals surface area contributed by atoms with Crippen molar-refractivity contribution in [2.75, 3.05) is 0 Å². The average molecular weight is 286 g/mol. The van der Waals surface area contributed by atoms with Crippen molar-refractivity contribution >= 4 is 57.8 Å². The first-order chi connectivity index (χ1) is 5.09. The van der Waals surface area contributed by atoms with Gasteiger partial charge in [-0.3, -0.25) is 0 Å². The van der Waals surface area contributed by atoms with E-state index in [1.165, 1.54) is 0 Å². The number of halogens is 5. The lowest BCUT2D eigenvalue weighted by Crippen LogP contribution is -1.97. The van der Waals surface area contributed by atoms with E-state index in [-0.39, 0.29) is 0 Å². The van der Waals surface area contributed by atoms with E-state index in [0.29, 0.717) is 4.90 Å². The fourth-order valence-corrected chi connectivity index (χ4v) is 2.89. The molecule has 0 atom stereocenters. The van der Waals surface area contributed by atoms with Gasteiger partial charge in [-0.1, -0.05) is 18.2 Å². The van der Waals surface area contributed by atoms with Gasteiger partial charge in [-0.05, 0) is 65.5 Å². The highest BCUT2D eigenvalue weighted by atomic mass is 36.6. The van der Waals surface area contributed by atoms with Gasteiger partial charge < -0.3 is 0 Å². The molecule has 70 valence electrons. The minimum atomic E-state index is -4.57. The summed E-state index contributed by atoms with van der Waals surface area (Å²) in [4.78, 5) is 0.311. The van der Waals surface area contributed by atoms with Crippen molar-refractivity contribution in [3.05, 3.63) is 30.3 Å². The molecule has 0 aliphatic heterocycles. The second-order valence-corrected chi connectivity index (χ2v) is 21.0. The van der Waals surface area contributed by atoms with Crippen LogP contribution in [0.5, 0.6) is 0 Å². The first-order valence-corrected chi connectivity index (χ1v) is 9.47. The van der Waals surface area contributed by atoms with E-state index in [4.69, 9.17) is 53.4 Å². The number of benzene rings is 1. The van der Waals surface area contributed by atoms with Crippen molar-refractivity contribution in [3.8, 4) is 0 Å². The Morgan fingerprint density at radius 3 is 1.42 bits per heavy atom. The molecule has 6 heteroatoms. The minimum absolute atomic E-state index is 0.311. The van der Waals surface area contributed by atoms with Gasteiger partial charge in [0.2, 0.25) is 0 Å². The smallest absolute Gasteiger partial charge is 0.0440 e. The van der Waals surface area contributed by atoms with Crippen LogP contribution in [0.25, 0.3) is 0 Å². The van der Waals surface area contributed by atoms with E-state index in [1.54, 1.807) is 30.3 Å². The molecule has 0 radical (unpaired) electrons. The molecule has 0 unspecified atom stereocenters. The zero-order valence-corrected chi connectivity index (χ0v) is 10.3. The highest BCUT2D eigenvalue weighted by Gasteiger charge is 2.53. The lowest BCUT2D eigenvalue weighted by molar-refractivity contribution is 1.46. The van der Waals surface area contributed by atoms with E-state index >= 15 is 0 Å². The Labute approximate surface area is 92.5 Å². The van der Waals surface area contributed by atoms with Crippen molar-refractivity contribution in [2.24, 2.45) is 0 Å². The largest absolute Gasteiger partial charge is 0.0622 e. The SMILES string of the molecule is ClS(Cl)(Cl)(Cl)(Cl)c1ccccc1. The van der Waals surface area contributed by atoms with Gasteiger partial charge in [0.05, 0.1) is 0 Å². The van der Waals surface area contributed by atoms with E-state index in [1.807, 2.05) is 0 Å². The maximum absolute atomic E-state index is 5.75. The Morgan fingerprint density at radius 1 is 0.750 bits per heavy atom. The van der Waals surface area contributed by atoms with Crippen molar-refractivity contribution in [1.29, 1.82) is 0 Å². The first kappa shape index (κ1) is 11.1. The van der Waals surface area contributed by atoms with Crippen LogP contribution in [0.4, 0.5) is 0 Å². The fourth-order valence-electron chi connectivity index (χ4n) is 0.678. The summed E-state index contributed by atoms with van der Waals surface area (Å²) in [5.74, 6) is 0. The monoisotopic (exact) mass is 284 g/mol. The molecule has 1 rings (SSSR count). The number of hydrogen-bond donors (Lipinski definition) is 0. The molecule has 0 saturated heterocycles. The molecule has 0 amide bonds. The van der Waals surface area contributed by atoms with Crippen LogP contribution in [0.3, 0.4) is 0 Å². The molecule has 0 saturated carbocycles. The molecule has 0 fully saturated rings. The Morgan fingerprint density at radius 2 is 1.17 bits per heavy atom. The summed E-state index contributed by atoms with van der Waals surface area (Å²) in [6, 6.07) is 8.34. The lowest BCUT2D eigenvalue weighted by Gasteiger charge is -2.50. The molecule has 0 aliphatic rings. The van der Waals surface area contributed by atoms with Crippen LogP contribution >= 0.6 is 57.8 Å². The van der Waals surface area contributed by atoms with Gasteiger partial charge in [0, 0.05) is 9.26 Å². The van der Waals surface area contributed by atoms with Crippen LogP contribution in [0.2, 0.25) is 0 Å². The van der Waals surface area contributed by atoms with Crippen LogP contribution in [-0.4, -0.2) is 0 Å². The Kier molecular flexibility index (Phi) is 2.34. The molecular weight excluding hydrogens is 281 g/mol. The van der Waals surface area contributed by atoms with Gasteiger partial charge in [0.25, 0.3) is 0 Å². The summed E-state index contributed by atoms with van der Waals surface area (Å²) in [6.07, 6.45) is 0. The summed E-state index contributed by atoms with van der Waals surface area (Å²) in [7, 11) is 28.7. The molecule has 0 N–H and O–H groups in total. The molecule has 0 spiro atoms. The van der Waals surface area contributed by atoms with Gasteiger partial charge in [-0.15, -0.1) is 0 Å². The van der Waals surface area contributed by atoms with Crippen LogP contribution in [-0.2, 0) is 0 Å². The highest BCUT2D eigenvalue weighted by Crippen LogP contribution is 3.12. The van der Waals surface area contributed by atoms with Crippen LogP contribution in [0, 0.1) is 0 Å². The van der Waals surface area contributed by atoms with Crippen molar-refractivity contribution < 1.29 is 0 Å². The van der Waals surface area contributed by atoms with Crippen LogP contribution in [0.15, 0.2) is 35.2 Å². The van der Waals surface area contributed by atoms with Crippen LogP contribution in [0.1, 0.15) is 0 Å². The van der Waals surface area contributed by atoms with Gasteiger partial charge in [0.15, 0.2) is 0 Å². The molecule has 0 aliphatic carbocycles. The van der Waals surface area contributed by atoms with Gasteiger partial charge >= 0.3 is 0 Å². The zero-order valence-electron chi connectivity index (χ0n) is 5.68. The first-order valence-electron chi connectivity index (χ1n) is 2.89. The maximum atomic E-state index is 5.75. The zero-order chi connectivity index (χ0) is 9.52. The molecule has 0 aromatic heterocycles. The number of hydrogen-bond acceptors (Lipinski definition) is 0.